The topological polar surface area (TPSA) is 59.2 Å². The number of halogens is 1. The number of rotatable bonds is 1. The maximum absolute atomic E-state index is 8.33. The van der Waals surface area contributed by atoms with E-state index in [9.17, 15) is 0 Å². The Bertz CT molecular complexity index is 176. The molecule has 4 nitrogen and oxygen atoms in total. The zero-order valence-electron chi connectivity index (χ0n) is 3.83. The summed E-state index contributed by atoms with van der Waals surface area (Å²) >= 11 is 2.95. The summed E-state index contributed by atoms with van der Waals surface area (Å²) in [6.07, 6.45) is 0. The van der Waals surface area contributed by atoms with Crippen molar-refractivity contribution >= 4 is 15.9 Å². The van der Waals surface area contributed by atoms with E-state index in [-0.39, 0.29) is 12.5 Å². The molecule has 0 saturated heterocycles. The predicted molar refractivity (Wildman–Crippen MR) is 27.9 cm³/mol. The van der Waals surface area contributed by atoms with Gasteiger partial charge in [0.2, 0.25) is 4.73 Å². The molecule has 1 aromatic heterocycles. The SMILES string of the molecule is OCc1nc(Br)no1. The zero-order chi connectivity index (χ0) is 5.98. The lowest BCUT2D eigenvalue weighted by Crippen LogP contribution is -1.78. The quantitative estimate of drug-likeness (QED) is 0.674. The average molecular weight is 179 g/mol. The molecule has 0 amide bonds. The minimum atomic E-state index is -0.210. The summed E-state index contributed by atoms with van der Waals surface area (Å²) in [4.78, 5) is 3.62. The van der Waals surface area contributed by atoms with Gasteiger partial charge in [-0.2, -0.15) is 4.98 Å². The van der Waals surface area contributed by atoms with E-state index in [1.165, 1.54) is 0 Å². The van der Waals surface area contributed by atoms with Crippen LogP contribution in [0.25, 0.3) is 0 Å². The number of aliphatic hydroxyl groups is 1. The lowest BCUT2D eigenvalue weighted by molar-refractivity contribution is 0.222. The van der Waals surface area contributed by atoms with Crippen LogP contribution in [0.5, 0.6) is 0 Å². The highest BCUT2D eigenvalue weighted by atomic mass is 79.9. The molecule has 5 heteroatoms. The Kier molecular flexibility index (Phi) is 1.59. The van der Waals surface area contributed by atoms with Gasteiger partial charge in [0.25, 0.3) is 5.89 Å². The standard InChI is InChI=1S/C3H3BrN2O2/c4-3-5-2(1-7)8-6-3/h7H,1H2. The molecule has 0 bridgehead atoms. The van der Waals surface area contributed by atoms with Crippen molar-refractivity contribution in [3.8, 4) is 0 Å². The largest absolute Gasteiger partial charge is 0.387 e. The number of aromatic nitrogens is 2. The van der Waals surface area contributed by atoms with Crippen LogP contribution in [0.4, 0.5) is 0 Å². The monoisotopic (exact) mass is 178 g/mol. The van der Waals surface area contributed by atoms with Crippen molar-refractivity contribution in [1.29, 1.82) is 0 Å². The normalized spacial score (nSPS) is 9.75. The molecule has 1 rings (SSSR count). The number of hydrogen-bond donors (Lipinski definition) is 1. The third-order valence-corrected chi connectivity index (χ3v) is 0.901. The molecule has 0 spiro atoms. The Balaban J connectivity index is 2.84. The van der Waals surface area contributed by atoms with Gasteiger partial charge in [0.15, 0.2) is 0 Å². The molecule has 0 aliphatic carbocycles. The Morgan fingerprint density at radius 3 is 2.75 bits per heavy atom. The maximum atomic E-state index is 8.33. The Labute approximate surface area is 53.6 Å². The molecule has 0 aliphatic rings. The molecular weight excluding hydrogens is 176 g/mol. The third-order valence-electron chi connectivity index (χ3n) is 0.579. The van der Waals surface area contributed by atoms with Crippen molar-refractivity contribution in [2.24, 2.45) is 0 Å². The van der Waals surface area contributed by atoms with Crippen molar-refractivity contribution in [2.45, 2.75) is 6.61 Å². The number of hydrogen-bond acceptors (Lipinski definition) is 4. The maximum Gasteiger partial charge on any atom is 0.253 e. The molecule has 1 N–H and O–H groups in total. The van der Waals surface area contributed by atoms with Crippen molar-refractivity contribution in [1.82, 2.24) is 10.1 Å². The lowest BCUT2D eigenvalue weighted by atomic mass is 10.7. The minimum Gasteiger partial charge on any atom is -0.387 e. The van der Waals surface area contributed by atoms with Gasteiger partial charge in [-0.3, -0.25) is 0 Å². The lowest BCUT2D eigenvalue weighted by Gasteiger charge is -1.74. The fraction of sp³-hybridized carbons (Fsp3) is 0.333. The predicted octanol–water partition coefficient (Wildman–Crippen LogP) is 0.324. The summed E-state index contributed by atoms with van der Waals surface area (Å²) in [6, 6.07) is 0. The molecule has 0 radical (unpaired) electrons. The third kappa shape index (κ3) is 1.05. The molecule has 1 aromatic rings. The van der Waals surface area contributed by atoms with Gasteiger partial charge < -0.3 is 9.63 Å². The first kappa shape index (κ1) is 5.71. The fourth-order valence-corrected chi connectivity index (χ4v) is 0.568. The summed E-state index contributed by atoms with van der Waals surface area (Å²) < 4.78 is 4.82. The van der Waals surface area contributed by atoms with E-state index in [0.717, 1.165) is 0 Å². The average Bonchev–Trinajstić information content (AvgIpc) is 2.14. The van der Waals surface area contributed by atoms with Gasteiger partial charge in [0, 0.05) is 0 Å². The van der Waals surface area contributed by atoms with Gasteiger partial charge in [0.05, 0.1) is 0 Å². The smallest absolute Gasteiger partial charge is 0.253 e. The van der Waals surface area contributed by atoms with Crippen LogP contribution in [0.3, 0.4) is 0 Å². The second-order valence-corrected chi connectivity index (χ2v) is 1.82. The van der Waals surface area contributed by atoms with Crippen LogP contribution in [0.2, 0.25) is 0 Å². The van der Waals surface area contributed by atoms with E-state index in [2.05, 4.69) is 30.6 Å². The van der Waals surface area contributed by atoms with Gasteiger partial charge in [-0.15, -0.1) is 0 Å². The molecular formula is C3H3BrN2O2. The summed E-state index contributed by atoms with van der Waals surface area (Å²) in [5, 5.41) is 11.7. The first-order valence-electron chi connectivity index (χ1n) is 1.92. The Morgan fingerprint density at radius 2 is 2.50 bits per heavy atom. The van der Waals surface area contributed by atoms with E-state index in [1.807, 2.05) is 0 Å². The molecule has 8 heavy (non-hydrogen) atoms. The van der Waals surface area contributed by atoms with Crippen LogP contribution in [0, 0.1) is 0 Å². The van der Waals surface area contributed by atoms with Crippen LogP contribution >= 0.6 is 15.9 Å². The molecule has 0 saturated carbocycles. The number of aliphatic hydroxyl groups excluding tert-OH is 1. The van der Waals surface area contributed by atoms with E-state index in [4.69, 9.17) is 5.11 Å². The first-order valence-corrected chi connectivity index (χ1v) is 2.71. The van der Waals surface area contributed by atoms with Crippen molar-refractivity contribution < 1.29 is 9.63 Å². The van der Waals surface area contributed by atoms with Crippen molar-refractivity contribution in [3.63, 3.8) is 0 Å². The zero-order valence-corrected chi connectivity index (χ0v) is 5.42. The van der Waals surface area contributed by atoms with Crippen molar-refractivity contribution in [2.75, 3.05) is 0 Å². The van der Waals surface area contributed by atoms with Gasteiger partial charge in [-0.25, -0.2) is 0 Å². The van der Waals surface area contributed by atoms with Crippen LogP contribution in [-0.2, 0) is 6.61 Å². The second-order valence-electron chi connectivity index (χ2n) is 1.12. The van der Waals surface area contributed by atoms with Gasteiger partial charge in [-0.05, 0) is 21.1 Å². The highest BCUT2D eigenvalue weighted by molar-refractivity contribution is 9.10. The van der Waals surface area contributed by atoms with E-state index in [1.54, 1.807) is 0 Å². The number of nitrogens with zero attached hydrogens (tertiary/aromatic N) is 2. The summed E-state index contributed by atoms with van der Waals surface area (Å²) in [5.74, 6) is 0.219. The molecule has 0 aliphatic heterocycles. The minimum absolute atomic E-state index is 0.210. The van der Waals surface area contributed by atoms with Crippen LogP contribution in [-0.4, -0.2) is 15.2 Å². The molecule has 0 atom stereocenters. The highest BCUT2D eigenvalue weighted by Gasteiger charge is 1.98. The first-order chi connectivity index (χ1) is 3.83. The molecule has 44 valence electrons. The van der Waals surface area contributed by atoms with Crippen molar-refractivity contribution in [3.05, 3.63) is 10.6 Å². The second kappa shape index (κ2) is 2.23. The van der Waals surface area contributed by atoms with Gasteiger partial charge in [0.1, 0.15) is 6.61 Å². The molecule has 0 fully saturated rings. The molecule has 1 heterocycles. The summed E-state index contributed by atoms with van der Waals surface area (Å²) in [7, 11) is 0. The van der Waals surface area contributed by atoms with Gasteiger partial charge in [-0.1, -0.05) is 0 Å². The fourth-order valence-electron chi connectivity index (χ4n) is 0.298. The van der Waals surface area contributed by atoms with Crippen LogP contribution in [0.15, 0.2) is 9.26 Å². The van der Waals surface area contributed by atoms with Crippen LogP contribution in [0.1, 0.15) is 5.89 Å². The van der Waals surface area contributed by atoms with E-state index >= 15 is 0 Å². The summed E-state index contributed by atoms with van der Waals surface area (Å²) in [5.41, 5.74) is 0. The van der Waals surface area contributed by atoms with E-state index in [0.29, 0.717) is 4.73 Å². The Hall–Kier alpha value is -0.420. The highest BCUT2D eigenvalue weighted by Crippen LogP contribution is 2.02. The molecule has 0 unspecified atom stereocenters. The van der Waals surface area contributed by atoms with E-state index < -0.39 is 0 Å². The summed E-state index contributed by atoms with van der Waals surface area (Å²) in [6.45, 7) is -0.210. The van der Waals surface area contributed by atoms with Crippen LogP contribution < -0.4 is 0 Å². The van der Waals surface area contributed by atoms with Gasteiger partial charge >= 0.3 is 0 Å². The molecule has 0 aromatic carbocycles. The Morgan fingerprint density at radius 1 is 1.75 bits per heavy atom.